The van der Waals surface area contributed by atoms with Crippen molar-refractivity contribution in [1.82, 2.24) is 39.7 Å². The molecule has 1 aromatic carbocycles. The van der Waals surface area contributed by atoms with Gasteiger partial charge in [-0.05, 0) is 34.1 Å². The highest BCUT2D eigenvalue weighted by molar-refractivity contribution is 5.73. The minimum atomic E-state index is -0.654. The van der Waals surface area contributed by atoms with E-state index in [-0.39, 0.29) is 6.04 Å². The number of nitrogens with zero attached hydrogens (tertiary/aromatic N) is 8. The molecule has 0 bridgehead atoms. The number of hydrogen-bond donors (Lipinski definition) is 1. The average Bonchev–Trinajstić information content (AvgIpc) is 3.46. The fraction of sp³-hybridized carbons (Fsp3) is 0.333. The number of benzene rings is 1. The van der Waals surface area contributed by atoms with E-state index >= 15 is 0 Å². The van der Waals surface area contributed by atoms with Crippen LogP contribution in [-0.4, -0.2) is 46.0 Å². The molecule has 4 aromatic rings. The minimum Gasteiger partial charge on any atom is -0.443 e. The van der Waals surface area contributed by atoms with Crippen molar-refractivity contribution in [1.29, 1.82) is 0 Å². The van der Waals surface area contributed by atoms with Crippen LogP contribution in [0.2, 0.25) is 0 Å². The Hall–Kier alpha value is -4.28. The summed E-state index contributed by atoms with van der Waals surface area (Å²) in [5, 5.41) is 10.3. The van der Waals surface area contributed by atoms with E-state index in [9.17, 15) is 4.79 Å². The van der Waals surface area contributed by atoms with Gasteiger partial charge in [-0.1, -0.05) is 37.3 Å². The lowest BCUT2D eigenvalue weighted by atomic mass is 10.1. The smallest absolute Gasteiger partial charge is 0.426 e. The molecule has 11 nitrogen and oxygen atoms in total. The lowest BCUT2D eigenvalue weighted by Crippen LogP contribution is -2.49. The van der Waals surface area contributed by atoms with Crippen molar-refractivity contribution in [3.63, 3.8) is 0 Å². The Morgan fingerprint density at radius 2 is 1.91 bits per heavy atom. The zero-order valence-corrected chi connectivity index (χ0v) is 20.3. The number of carbonyl (C=O) groups is 1. The molecule has 1 aliphatic heterocycles. The standard InChI is InChI=1S/C24H27N9O2/c1-6-17-21-29-28-15(2)32(21)18-14-26-22(27-20(18)33(17)30-23(34)35-24(3,4)5)31-13-12-25-19(31)16-10-8-7-9-11-16/h7-14,17H,6H2,1-5H3,(H,30,34). The fourth-order valence-electron chi connectivity index (χ4n) is 4.12. The van der Waals surface area contributed by atoms with Gasteiger partial charge in [0.1, 0.15) is 29.0 Å². The topological polar surface area (TPSA) is 116 Å². The molecular weight excluding hydrogens is 446 g/mol. The molecule has 5 rings (SSSR count). The third kappa shape index (κ3) is 4.09. The lowest BCUT2D eigenvalue weighted by molar-refractivity contribution is 0.0512. The van der Waals surface area contributed by atoms with Gasteiger partial charge in [-0.2, -0.15) is 4.98 Å². The molecule has 35 heavy (non-hydrogen) atoms. The number of amides is 1. The van der Waals surface area contributed by atoms with Crippen LogP contribution in [0.25, 0.3) is 23.0 Å². The first kappa shape index (κ1) is 22.5. The van der Waals surface area contributed by atoms with Gasteiger partial charge in [0.15, 0.2) is 11.6 Å². The van der Waals surface area contributed by atoms with E-state index in [2.05, 4.69) is 25.6 Å². The van der Waals surface area contributed by atoms with Crippen molar-refractivity contribution < 1.29 is 9.53 Å². The summed E-state index contributed by atoms with van der Waals surface area (Å²) >= 11 is 0. The van der Waals surface area contributed by atoms with Crippen molar-refractivity contribution in [2.45, 2.75) is 52.7 Å². The Morgan fingerprint density at radius 3 is 2.63 bits per heavy atom. The Balaban J connectivity index is 1.63. The van der Waals surface area contributed by atoms with Gasteiger partial charge in [-0.25, -0.2) is 20.2 Å². The molecule has 180 valence electrons. The van der Waals surface area contributed by atoms with Crippen LogP contribution in [0.15, 0.2) is 48.9 Å². The largest absolute Gasteiger partial charge is 0.443 e. The zero-order chi connectivity index (χ0) is 24.7. The number of imidazole rings is 1. The van der Waals surface area contributed by atoms with E-state index in [1.165, 1.54) is 0 Å². The summed E-state index contributed by atoms with van der Waals surface area (Å²) < 4.78 is 9.27. The number of aromatic nitrogens is 7. The van der Waals surface area contributed by atoms with Crippen LogP contribution in [0.1, 0.15) is 51.8 Å². The van der Waals surface area contributed by atoms with Crippen molar-refractivity contribution in [3.8, 4) is 23.0 Å². The number of aryl methyl sites for hydroxylation is 1. The molecule has 11 heteroatoms. The Morgan fingerprint density at radius 1 is 1.14 bits per heavy atom. The van der Waals surface area contributed by atoms with Crippen LogP contribution < -0.4 is 10.4 Å². The third-order valence-electron chi connectivity index (χ3n) is 5.55. The van der Waals surface area contributed by atoms with Gasteiger partial charge in [0.05, 0.1) is 6.20 Å². The van der Waals surface area contributed by atoms with Gasteiger partial charge in [0.25, 0.3) is 0 Å². The summed E-state index contributed by atoms with van der Waals surface area (Å²) in [4.78, 5) is 26.8. The summed E-state index contributed by atoms with van der Waals surface area (Å²) in [5.41, 5.74) is 3.82. The molecule has 3 aromatic heterocycles. The second kappa shape index (κ2) is 8.49. The van der Waals surface area contributed by atoms with Crippen LogP contribution in [0.3, 0.4) is 0 Å². The Kier molecular flexibility index (Phi) is 5.46. The second-order valence-electron chi connectivity index (χ2n) is 9.21. The lowest BCUT2D eigenvalue weighted by Gasteiger charge is -2.37. The summed E-state index contributed by atoms with van der Waals surface area (Å²) in [7, 11) is 0. The highest BCUT2D eigenvalue weighted by Crippen LogP contribution is 2.38. The predicted octanol–water partition coefficient (Wildman–Crippen LogP) is 3.93. The molecule has 4 heterocycles. The highest BCUT2D eigenvalue weighted by Gasteiger charge is 2.37. The van der Waals surface area contributed by atoms with Crippen molar-refractivity contribution in [2.75, 3.05) is 5.01 Å². The minimum absolute atomic E-state index is 0.310. The summed E-state index contributed by atoms with van der Waals surface area (Å²) in [5.74, 6) is 3.04. The summed E-state index contributed by atoms with van der Waals surface area (Å²) in [6, 6.07) is 9.51. The van der Waals surface area contributed by atoms with Gasteiger partial charge in [-0.3, -0.25) is 14.1 Å². The van der Waals surface area contributed by atoms with Gasteiger partial charge in [-0.15, -0.1) is 10.2 Å². The van der Waals surface area contributed by atoms with Crippen LogP contribution in [0, 0.1) is 6.92 Å². The number of ether oxygens (including phenoxy) is 1. The predicted molar refractivity (Wildman–Crippen MR) is 129 cm³/mol. The molecular formula is C24H27N9O2. The maximum Gasteiger partial charge on any atom is 0.426 e. The molecule has 0 saturated heterocycles. The van der Waals surface area contributed by atoms with Crippen LogP contribution in [-0.2, 0) is 4.74 Å². The normalized spacial score (nSPS) is 14.9. The number of rotatable bonds is 4. The maximum absolute atomic E-state index is 12.8. The van der Waals surface area contributed by atoms with E-state index < -0.39 is 11.7 Å². The Bertz CT molecular complexity index is 1370. The van der Waals surface area contributed by atoms with Crippen LogP contribution in [0.5, 0.6) is 0 Å². The number of anilines is 1. The van der Waals surface area contributed by atoms with Crippen molar-refractivity contribution in [2.24, 2.45) is 0 Å². The van der Waals surface area contributed by atoms with Crippen LogP contribution in [0.4, 0.5) is 10.6 Å². The number of fused-ring (bicyclic) bond motifs is 3. The molecule has 1 unspecified atom stereocenters. The maximum atomic E-state index is 12.8. The van der Waals surface area contributed by atoms with E-state index in [1.54, 1.807) is 17.4 Å². The molecule has 0 radical (unpaired) electrons. The molecule has 1 aliphatic rings. The first-order valence-corrected chi connectivity index (χ1v) is 11.4. The van der Waals surface area contributed by atoms with Gasteiger partial charge >= 0.3 is 6.09 Å². The molecule has 0 aliphatic carbocycles. The van der Waals surface area contributed by atoms with E-state index in [0.29, 0.717) is 41.3 Å². The van der Waals surface area contributed by atoms with E-state index in [1.807, 2.05) is 80.3 Å². The fourth-order valence-corrected chi connectivity index (χ4v) is 4.12. The molecule has 1 amide bonds. The number of hydrazine groups is 1. The van der Waals surface area contributed by atoms with Gasteiger partial charge in [0, 0.05) is 18.0 Å². The molecule has 0 saturated carbocycles. The van der Waals surface area contributed by atoms with Crippen molar-refractivity contribution in [3.05, 3.63) is 60.6 Å². The quantitative estimate of drug-likeness (QED) is 0.474. The summed E-state index contributed by atoms with van der Waals surface area (Å²) in [6.07, 6.45) is 5.29. The molecule has 0 fully saturated rings. The molecule has 1 atom stereocenters. The first-order valence-electron chi connectivity index (χ1n) is 11.4. The van der Waals surface area contributed by atoms with Crippen LogP contribution >= 0.6 is 0 Å². The second-order valence-corrected chi connectivity index (χ2v) is 9.21. The molecule has 0 spiro atoms. The SMILES string of the molecule is CCC1c2nnc(C)n2-c2cnc(-n3ccnc3-c3ccccc3)nc2N1NC(=O)OC(C)(C)C. The molecule has 1 N–H and O–H groups in total. The van der Waals surface area contributed by atoms with E-state index in [4.69, 9.17) is 9.72 Å². The third-order valence-corrected chi connectivity index (χ3v) is 5.55. The van der Waals surface area contributed by atoms with Gasteiger partial charge in [0.2, 0.25) is 5.95 Å². The highest BCUT2D eigenvalue weighted by atomic mass is 16.6. The number of carbonyl (C=O) groups excluding carboxylic acids is 1. The Labute approximate surface area is 202 Å². The number of hydrogen-bond acceptors (Lipinski definition) is 8. The van der Waals surface area contributed by atoms with E-state index in [0.717, 1.165) is 5.56 Å². The van der Waals surface area contributed by atoms with Gasteiger partial charge < -0.3 is 4.74 Å². The van der Waals surface area contributed by atoms with Crippen molar-refractivity contribution >= 4 is 11.9 Å². The first-order chi connectivity index (χ1) is 16.8. The summed E-state index contributed by atoms with van der Waals surface area (Å²) in [6.45, 7) is 9.34. The zero-order valence-electron chi connectivity index (χ0n) is 20.3. The average molecular weight is 474 g/mol. The monoisotopic (exact) mass is 473 g/mol. The number of nitrogens with one attached hydrogen (secondary N) is 1.